The molecule has 0 radical (unpaired) electrons. The molecule has 104 valence electrons. The minimum absolute atomic E-state index is 0.0524. The highest BCUT2D eigenvalue weighted by Crippen LogP contribution is 2.24. The van der Waals surface area contributed by atoms with E-state index in [1.165, 1.54) is 6.42 Å². The van der Waals surface area contributed by atoms with Crippen LogP contribution >= 0.6 is 0 Å². The third-order valence-corrected chi connectivity index (χ3v) is 3.80. The van der Waals surface area contributed by atoms with Gasteiger partial charge in [-0.05, 0) is 50.3 Å². The Balaban J connectivity index is 2.12. The molecular weight excluding hydrogens is 238 g/mol. The Bertz CT molecular complexity index is 459. The maximum atomic E-state index is 11.7. The van der Waals surface area contributed by atoms with Crippen LogP contribution in [0, 0.1) is 6.92 Å². The highest BCUT2D eigenvalue weighted by Gasteiger charge is 2.19. The lowest BCUT2D eigenvalue weighted by Gasteiger charge is -2.29. The number of rotatable bonds is 3. The fourth-order valence-corrected chi connectivity index (χ4v) is 2.64. The van der Waals surface area contributed by atoms with Gasteiger partial charge in [0.2, 0.25) is 0 Å². The van der Waals surface area contributed by atoms with Crippen LogP contribution < -0.4 is 16.4 Å². The molecule has 1 aromatic rings. The fourth-order valence-electron chi connectivity index (χ4n) is 2.64. The molecule has 19 heavy (non-hydrogen) atoms. The van der Waals surface area contributed by atoms with Gasteiger partial charge in [0.25, 0.3) is 5.91 Å². The summed E-state index contributed by atoms with van der Waals surface area (Å²) in [5.41, 5.74) is 8.90. The molecule has 1 saturated carbocycles. The molecule has 1 fully saturated rings. The number of hydrogen-bond donors (Lipinski definition) is 3. The summed E-state index contributed by atoms with van der Waals surface area (Å²) in [6, 6.07) is 6.48. The smallest absolute Gasteiger partial charge is 0.251 e. The maximum absolute atomic E-state index is 11.7. The Kier molecular flexibility index (Phi) is 4.43. The summed E-state index contributed by atoms with van der Waals surface area (Å²) in [5, 5.41) is 6.19. The van der Waals surface area contributed by atoms with Crippen LogP contribution in [0.15, 0.2) is 18.2 Å². The van der Waals surface area contributed by atoms with E-state index in [0.717, 1.165) is 30.5 Å². The Morgan fingerprint density at radius 1 is 1.37 bits per heavy atom. The molecule has 1 amide bonds. The van der Waals surface area contributed by atoms with E-state index in [1.54, 1.807) is 7.05 Å². The van der Waals surface area contributed by atoms with Gasteiger partial charge in [-0.1, -0.05) is 6.07 Å². The number of aryl methyl sites for hydroxylation is 1. The van der Waals surface area contributed by atoms with Crippen molar-refractivity contribution in [2.45, 2.75) is 44.7 Å². The molecule has 0 spiro atoms. The molecule has 1 aliphatic rings. The van der Waals surface area contributed by atoms with Gasteiger partial charge in [-0.2, -0.15) is 0 Å². The van der Waals surface area contributed by atoms with E-state index >= 15 is 0 Å². The van der Waals surface area contributed by atoms with E-state index in [2.05, 4.69) is 17.6 Å². The van der Waals surface area contributed by atoms with Gasteiger partial charge in [0.15, 0.2) is 0 Å². The van der Waals surface area contributed by atoms with Crippen LogP contribution in [0.1, 0.15) is 41.6 Å². The summed E-state index contributed by atoms with van der Waals surface area (Å²) in [6.07, 6.45) is 4.45. The van der Waals surface area contributed by atoms with Crippen molar-refractivity contribution < 1.29 is 4.79 Å². The van der Waals surface area contributed by atoms with Crippen molar-refractivity contribution in [1.82, 2.24) is 5.32 Å². The molecule has 4 N–H and O–H groups in total. The minimum atomic E-state index is -0.0524. The van der Waals surface area contributed by atoms with Crippen LogP contribution in [-0.4, -0.2) is 25.0 Å². The molecule has 0 aliphatic heterocycles. The third-order valence-electron chi connectivity index (χ3n) is 3.80. The molecule has 2 atom stereocenters. The van der Waals surface area contributed by atoms with Crippen molar-refractivity contribution in [3.8, 4) is 0 Å². The zero-order valence-corrected chi connectivity index (χ0v) is 11.7. The molecule has 4 heteroatoms. The van der Waals surface area contributed by atoms with Crippen molar-refractivity contribution in [3.05, 3.63) is 29.3 Å². The second kappa shape index (κ2) is 6.06. The van der Waals surface area contributed by atoms with Crippen molar-refractivity contribution in [2.75, 3.05) is 12.4 Å². The van der Waals surface area contributed by atoms with Crippen LogP contribution in [0.25, 0.3) is 0 Å². The Morgan fingerprint density at radius 3 is 2.84 bits per heavy atom. The summed E-state index contributed by atoms with van der Waals surface area (Å²) in [7, 11) is 1.65. The Labute approximate surface area is 114 Å². The summed E-state index contributed by atoms with van der Waals surface area (Å²) in [5.74, 6) is -0.0524. The van der Waals surface area contributed by atoms with Gasteiger partial charge in [-0.15, -0.1) is 0 Å². The summed E-state index contributed by atoms with van der Waals surface area (Å²) >= 11 is 0. The monoisotopic (exact) mass is 261 g/mol. The van der Waals surface area contributed by atoms with Crippen molar-refractivity contribution in [1.29, 1.82) is 0 Å². The summed E-state index contributed by atoms with van der Waals surface area (Å²) in [6.45, 7) is 2.05. The molecule has 0 saturated heterocycles. The average molecular weight is 261 g/mol. The minimum Gasteiger partial charge on any atom is -0.382 e. The number of anilines is 1. The number of amides is 1. The molecule has 4 nitrogen and oxygen atoms in total. The van der Waals surface area contributed by atoms with E-state index in [9.17, 15) is 4.79 Å². The van der Waals surface area contributed by atoms with Crippen molar-refractivity contribution >= 4 is 11.6 Å². The first-order chi connectivity index (χ1) is 9.10. The van der Waals surface area contributed by atoms with Crippen LogP contribution in [0.5, 0.6) is 0 Å². The van der Waals surface area contributed by atoms with E-state index in [1.807, 2.05) is 18.2 Å². The molecule has 0 aromatic heterocycles. The zero-order chi connectivity index (χ0) is 13.8. The highest BCUT2D eigenvalue weighted by atomic mass is 16.1. The quantitative estimate of drug-likeness (QED) is 0.780. The molecule has 0 bridgehead atoms. The van der Waals surface area contributed by atoms with E-state index in [4.69, 9.17) is 5.73 Å². The molecule has 1 aliphatic carbocycles. The first-order valence-corrected chi connectivity index (χ1v) is 6.95. The Morgan fingerprint density at radius 2 is 2.16 bits per heavy atom. The summed E-state index contributed by atoms with van der Waals surface area (Å²) < 4.78 is 0. The first kappa shape index (κ1) is 13.9. The molecule has 2 rings (SSSR count). The van der Waals surface area contributed by atoms with Crippen LogP contribution in [-0.2, 0) is 0 Å². The number of hydrogen-bond acceptors (Lipinski definition) is 3. The van der Waals surface area contributed by atoms with Gasteiger partial charge >= 0.3 is 0 Å². The van der Waals surface area contributed by atoms with Crippen molar-refractivity contribution in [2.24, 2.45) is 5.73 Å². The molecule has 2 unspecified atom stereocenters. The van der Waals surface area contributed by atoms with E-state index < -0.39 is 0 Å². The molecule has 1 aromatic carbocycles. The summed E-state index contributed by atoms with van der Waals surface area (Å²) in [4.78, 5) is 11.7. The van der Waals surface area contributed by atoms with Crippen LogP contribution in [0.2, 0.25) is 0 Å². The van der Waals surface area contributed by atoms with Crippen LogP contribution in [0.3, 0.4) is 0 Å². The largest absolute Gasteiger partial charge is 0.382 e. The predicted molar refractivity (Wildman–Crippen MR) is 78.4 cm³/mol. The second-order valence-electron chi connectivity index (χ2n) is 5.38. The third kappa shape index (κ3) is 3.47. The van der Waals surface area contributed by atoms with Gasteiger partial charge in [-0.25, -0.2) is 0 Å². The predicted octanol–water partition coefficient (Wildman–Crippen LogP) is 2.04. The topological polar surface area (TPSA) is 67.2 Å². The van der Waals surface area contributed by atoms with E-state index in [0.29, 0.717) is 17.6 Å². The number of carbonyl (C=O) groups is 1. The number of carbonyl (C=O) groups excluding carboxylic acids is 1. The number of nitrogens with one attached hydrogen (secondary N) is 2. The number of nitrogens with two attached hydrogens (primary N) is 1. The maximum Gasteiger partial charge on any atom is 0.251 e. The van der Waals surface area contributed by atoms with Gasteiger partial charge in [0.05, 0.1) is 0 Å². The normalized spacial score (nSPS) is 22.9. The van der Waals surface area contributed by atoms with Gasteiger partial charge in [0.1, 0.15) is 0 Å². The van der Waals surface area contributed by atoms with Crippen LogP contribution in [0.4, 0.5) is 5.69 Å². The molecular formula is C15H23N3O. The first-order valence-electron chi connectivity index (χ1n) is 6.95. The lowest BCUT2D eigenvalue weighted by molar-refractivity contribution is 0.0963. The van der Waals surface area contributed by atoms with Crippen molar-refractivity contribution in [3.63, 3.8) is 0 Å². The zero-order valence-electron chi connectivity index (χ0n) is 11.7. The Hall–Kier alpha value is -1.55. The van der Waals surface area contributed by atoms with E-state index in [-0.39, 0.29) is 5.91 Å². The second-order valence-corrected chi connectivity index (χ2v) is 5.38. The highest BCUT2D eigenvalue weighted by molar-refractivity contribution is 5.95. The lowest BCUT2D eigenvalue weighted by Crippen LogP contribution is -2.35. The average Bonchev–Trinajstić information content (AvgIpc) is 2.40. The standard InChI is InChI=1S/C15H23N3O/c1-10-6-7-11(15(19)17-2)8-14(10)18-13-5-3-4-12(16)9-13/h6-8,12-13,18H,3-5,9,16H2,1-2H3,(H,17,19). The van der Waals surface area contributed by atoms with Gasteiger partial charge in [0, 0.05) is 30.4 Å². The number of benzene rings is 1. The lowest BCUT2D eigenvalue weighted by atomic mass is 9.91. The van der Waals surface area contributed by atoms with Gasteiger partial charge in [-0.3, -0.25) is 4.79 Å². The van der Waals surface area contributed by atoms with Gasteiger partial charge < -0.3 is 16.4 Å². The fraction of sp³-hybridized carbons (Fsp3) is 0.533. The SMILES string of the molecule is CNC(=O)c1ccc(C)c(NC2CCCC(N)C2)c1. The molecule has 0 heterocycles.